The van der Waals surface area contributed by atoms with Gasteiger partial charge in [-0.25, -0.2) is 4.79 Å². The molecule has 0 aromatic carbocycles. The lowest BCUT2D eigenvalue weighted by Gasteiger charge is -2.15. The van der Waals surface area contributed by atoms with Crippen LogP contribution in [0.4, 0.5) is 0 Å². The Bertz CT molecular complexity index is 261. The van der Waals surface area contributed by atoms with Crippen molar-refractivity contribution in [3.05, 3.63) is 24.2 Å². The lowest BCUT2D eigenvalue weighted by Crippen LogP contribution is -2.36. The molecule has 1 atom stereocenters. The van der Waals surface area contributed by atoms with Crippen molar-refractivity contribution in [1.29, 1.82) is 0 Å². The van der Waals surface area contributed by atoms with E-state index >= 15 is 0 Å². The van der Waals surface area contributed by atoms with Crippen LogP contribution in [0.3, 0.4) is 0 Å². The minimum atomic E-state index is -1.72. The lowest BCUT2D eigenvalue weighted by molar-refractivity contribution is -0.156. The minimum Gasteiger partial charge on any atom is -0.479 e. The van der Waals surface area contributed by atoms with Gasteiger partial charge in [-0.1, -0.05) is 0 Å². The van der Waals surface area contributed by atoms with Crippen molar-refractivity contribution in [2.75, 3.05) is 0 Å². The number of hydrogen-bond acceptors (Lipinski definition) is 3. The molecule has 1 aromatic rings. The molecule has 1 heterocycles. The largest absolute Gasteiger partial charge is 0.479 e. The predicted octanol–water partition coefficient (Wildman–Crippen LogP) is 0.658. The first-order chi connectivity index (χ1) is 5.52. The van der Waals surface area contributed by atoms with Crippen LogP contribution in [0.5, 0.6) is 0 Å². The summed E-state index contributed by atoms with van der Waals surface area (Å²) in [6.45, 7) is 1.25. The Kier molecular flexibility index (Phi) is 2.19. The third-order valence-electron chi connectivity index (χ3n) is 1.59. The molecule has 66 valence electrons. The normalized spacial score (nSPS) is 15.5. The standard InChI is InChI=1S/C8H10O4/c1-8(11,7(9)10)4-6-2-3-12-5-6/h2-3,5,11H,4H2,1H3,(H,9,10). The Balaban J connectivity index is 2.69. The highest BCUT2D eigenvalue weighted by Gasteiger charge is 2.30. The van der Waals surface area contributed by atoms with Crippen LogP contribution in [0.15, 0.2) is 23.0 Å². The van der Waals surface area contributed by atoms with Crippen molar-refractivity contribution >= 4 is 5.97 Å². The third kappa shape index (κ3) is 1.85. The fourth-order valence-electron chi connectivity index (χ4n) is 0.866. The number of carbonyl (C=O) groups is 1. The van der Waals surface area contributed by atoms with Crippen molar-refractivity contribution in [2.24, 2.45) is 0 Å². The molecule has 0 aliphatic carbocycles. The van der Waals surface area contributed by atoms with E-state index in [0.717, 1.165) is 0 Å². The molecule has 0 fully saturated rings. The number of aliphatic carboxylic acids is 1. The molecule has 0 amide bonds. The van der Waals surface area contributed by atoms with Gasteiger partial charge in [0.2, 0.25) is 0 Å². The van der Waals surface area contributed by atoms with Crippen molar-refractivity contribution in [2.45, 2.75) is 18.9 Å². The molecule has 4 heteroatoms. The van der Waals surface area contributed by atoms with Crippen LogP contribution in [-0.2, 0) is 11.2 Å². The van der Waals surface area contributed by atoms with Gasteiger partial charge in [-0.3, -0.25) is 0 Å². The first-order valence-corrected chi connectivity index (χ1v) is 3.49. The van der Waals surface area contributed by atoms with Crippen LogP contribution < -0.4 is 0 Å². The van der Waals surface area contributed by atoms with Crippen molar-refractivity contribution in [3.63, 3.8) is 0 Å². The zero-order valence-corrected chi connectivity index (χ0v) is 6.65. The molecular formula is C8H10O4. The number of furan rings is 1. The summed E-state index contributed by atoms with van der Waals surface area (Å²) < 4.78 is 4.74. The van der Waals surface area contributed by atoms with Gasteiger partial charge in [0.05, 0.1) is 12.5 Å². The molecule has 2 N–H and O–H groups in total. The van der Waals surface area contributed by atoms with Crippen LogP contribution in [0.1, 0.15) is 12.5 Å². The molecule has 1 rings (SSSR count). The maximum absolute atomic E-state index is 10.5. The van der Waals surface area contributed by atoms with Crippen molar-refractivity contribution < 1.29 is 19.4 Å². The fourth-order valence-corrected chi connectivity index (χ4v) is 0.866. The van der Waals surface area contributed by atoms with Gasteiger partial charge in [-0.15, -0.1) is 0 Å². The second-order valence-electron chi connectivity index (χ2n) is 2.89. The maximum atomic E-state index is 10.5. The molecular weight excluding hydrogens is 160 g/mol. The molecule has 1 unspecified atom stereocenters. The van der Waals surface area contributed by atoms with Gasteiger partial charge in [0, 0.05) is 6.42 Å². The Morgan fingerprint density at radius 1 is 1.75 bits per heavy atom. The number of hydrogen-bond donors (Lipinski definition) is 2. The summed E-state index contributed by atoms with van der Waals surface area (Å²) in [6.07, 6.45) is 2.91. The van der Waals surface area contributed by atoms with Gasteiger partial charge in [0.15, 0.2) is 5.60 Å². The van der Waals surface area contributed by atoms with Crippen molar-refractivity contribution in [1.82, 2.24) is 0 Å². The lowest BCUT2D eigenvalue weighted by atomic mass is 9.99. The van der Waals surface area contributed by atoms with Crippen LogP contribution in [-0.4, -0.2) is 21.8 Å². The second kappa shape index (κ2) is 2.98. The van der Waals surface area contributed by atoms with E-state index < -0.39 is 11.6 Å². The summed E-state index contributed by atoms with van der Waals surface area (Å²) in [5, 5.41) is 17.9. The van der Waals surface area contributed by atoms with E-state index in [-0.39, 0.29) is 6.42 Å². The summed E-state index contributed by atoms with van der Waals surface area (Å²) in [5.74, 6) is -1.23. The Hall–Kier alpha value is -1.29. The van der Waals surface area contributed by atoms with Crippen LogP contribution in [0, 0.1) is 0 Å². The van der Waals surface area contributed by atoms with Gasteiger partial charge < -0.3 is 14.6 Å². The second-order valence-corrected chi connectivity index (χ2v) is 2.89. The molecule has 0 spiro atoms. The number of rotatable bonds is 3. The summed E-state index contributed by atoms with van der Waals surface area (Å²) in [6, 6.07) is 1.62. The van der Waals surface area contributed by atoms with E-state index in [1.54, 1.807) is 6.07 Å². The topological polar surface area (TPSA) is 70.7 Å². The molecule has 0 bridgehead atoms. The Morgan fingerprint density at radius 2 is 2.42 bits per heavy atom. The molecule has 4 nitrogen and oxygen atoms in total. The number of carboxylic acid groups (broad SMARTS) is 1. The van der Waals surface area contributed by atoms with E-state index in [2.05, 4.69) is 0 Å². The summed E-state index contributed by atoms with van der Waals surface area (Å²) in [5.41, 5.74) is -1.05. The Labute approximate surface area is 69.4 Å². The van der Waals surface area contributed by atoms with Gasteiger partial charge >= 0.3 is 5.97 Å². The smallest absolute Gasteiger partial charge is 0.335 e. The maximum Gasteiger partial charge on any atom is 0.335 e. The summed E-state index contributed by atoms with van der Waals surface area (Å²) >= 11 is 0. The van der Waals surface area contributed by atoms with Gasteiger partial charge in [-0.05, 0) is 18.6 Å². The van der Waals surface area contributed by atoms with Crippen LogP contribution in [0.25, 0.3) is 0 Å². The number of carboxylic acids is 1. The van der Waals surface area contributed by atoms with E-state index in [4.69, 9.17) is 9.52 Å². The zero-order valence-electron chi connectivity index (χ0n) is 6.65. The summed E-state index contributed by atoms with van der Waals surface area (Å²) in [7, 11) is 0. The molecule has 0 aliphatic rings. The highest BCUT2D eigenvalue weighted by molar-refractivity contribution is 5.76. The highest BCUT2D eigenvalue weighted by Crippen LogP contribution is 2.13. The first-order valence-electron chi connectivity index (χ1n) is 3.49. The molecule has 0 radical (unpaired) electrons. The quantitative estimate of drug-likeness (QED) is 0.699. The molecule has 0 saturated carbocycles. The average Bonchev–Trinajstić information content (AvgIpc) is 2.38. The van der Waals surface area contributed by atoms with E-state index in [9.17, 15) is 9.90 Å². The predicted molar refractivity (Wildman–Crippen MR) is 40.7 cm³/mol. The van der Waals surface area contributed by atoms with Crippen LogP contribution >= 0.6 is 0 Å². The SMILES string of the molecule is CC(O)(Cc1ccoc1)C(=O)O. The van der Waals surface area contributed by atoms with E-state index in [1.165, 1.54) is 19.5 Å². The van der Waals surface area contributed by atoms with Crippen molar-refractivity contribution in [3.8, 4) is 0 Å². The monoisotopic (exact) mass is 170 g/mol. The molecule has 0 saturated heterocycles. The first kappa shape index (κ1) is 8.80. The van der Waals surface area contributed by atoms with E-state index in [0.29, 0.717) is 5.56 Å². The zero-order chi connectivity index (χ0) is 9.19. The fraction of sp³-hybridized carbons (Fsp3) is 0.375. The number of aliphatic hydroxyl groups is 1. The highest BCUT2D eigenvalue weighted by atomic mass is 16.4. The van der Waals surface area contributed by atoms with Gasteiger partial charge in [0.1, 0.15) is 0 Å². The van der Waals surface area contributed by atoms with Gasteiger partial charge in [0.25, 0.3) is 0 Å². The minimum absolute atomic E-state index is 0.0544. The van der Waals surface area contributed by atoms with Gasteiger partial charge in [-0.2, -0.15) is 0 Å². The molecule has 0 aliphatic heterocycles. The third-order valence-corrected chi connectivity index (χ3v) is 1.59. The molecule has 1 aromatic heterocycles. The van der Waals surface area contributed by atoms with Crippen LogP contribution in [0.2, 0.25) is 0 Å². The Morgan fingerprint density at radius 3 is 2.83 bits per heavy atom. The average molecular weight is 170 g/mol. The summed E-state index contributed by atoms with van der Waals surface area (Å²) in [4.78, 5) is 10.5. The molecule has 12 heavy (non-hydrogen) atoms. The van der Waals surface area contributed by atoms with E-state index in [1.807, 2.05) is 0 Å².